The van der Waals surface area contributed by atoms with Gasteiger partial charge in [-0.15, -0.1) is 0 Å². The molecule has 4 heteroatoms. The molecule has 0 heterocycles. The van der Waals surface area contributed by atoms with Crippen molar-refractivity contribution < 1.29 is 71.6 Å². The molecular formula is C6H12Na2O2. The minimum Gasteiger partial charge on any atom is -1.00 e. The Morgan fingerprint density at radius 3 is 1.40 bits per heavy atom. The maximum atomic E-state index is 9.68. The van der Waals surface area contributed by atoms with Crippen LogP contribution in [0.5, 0.6) is 0 Å². The fraction of sp³-hybridized carbons (Fsp3) is 0.667. The molecule has 0 unspecified atom stereocenters. The SMILES string of the molecule is O=CCCCCC=O.[H-].[H-].[Na+].[Na+]. The van der Waals surface area contributed by atoms with Crippen molar-refractivity contribution in [3.63, 3.8) is 0 Å². The Morgan fingerprint density at radius 1 is 0.900 bits per heavy atom. The van der Waals surface area contributed by atoms with Crippen LogP contribution in [0.25, 0.3) is 0 Å². The van der Waals surface area contributed by atoms with E-state index in [4.69, 9.17) is 0 Å². The molecule has 10 heavy (non-hydrogen) atoms. The van der Waals surface area contributed by atoms with Crippen LogP contribution in [-0.4, -0.2) is 12.6 Å². The third-order valence-electron chi connectivity index (χ3n) is 0.894. The van der Waals surface area contributed by atoms with E-state index < -0.39 is 0 Å². The zero-order valence-corrected chi connectivity index (χ0v) is 10.8. The molecule has 0 bridgehead atoms. The summed E-state index contributed by atoms with van der Waals surface area (Å²) in [6.07, 6.45) is 4.64. The van der Waals surface area contributed by atoms with Crippen LogP contribution in [0.4, 0.5) is 0 Å². The molecule has 0 aliphatic carbocycles. The predicted octanol–water partition coefficient (Wildman–Crippen LogP) is -4.82. The monoisotopic (exact) mass is 162 g/mol. The number of carbonyl (C=O) groups excluding carboxylic acids is 2. The van der Waals surface area contributed by atoms with Gasteiger partial charge in [0.2, 0.25) is 0 Å². The van der Waals surface area contributed by atoms with E-state index in [0.29, 0.717) is 12.8 Å². The van der Waals surface area contributed by atoms with Gasteiger partial charge in [0.25, 0.3) is 0 Å². The summed E-state index contributed by atoms with van der Waals surface area (Å²) in [5, 5.41) is 0. The third-order valence-corrected chi connectivity index (χ3v) is 0.894. The van der Waals surface area contributed by atoms with Crippen molar-refractivity contribution in [1.29, 1.82) is 0 Å². The van der Waals surface area contributed by atoms with Gasteiger partial charge >= 0.3 is 59.1 Å². The second-order valence-electron chi connectivity index (χ2n) is 1.62. The molecule has 0 spiro atoms. The van der Waals surface area contributed by atoms with Crippen LogP contribution in [0.15, 0.2) is 0 Å². The molecule has 0 aliphatic rings. The molecule has 0 aromatic heterocycles. The maximum Gasteiger partial charge on any atom is 1.00 e. The fourth-order valence-corrected chi connectivity index (χ4v) is 0.455. The number of rotatable bonds is 5. The zero-order valence-electron chi connectivity index (χ0n) is 8.80. The van der Waals surface area contributed by atoms with Gasteiger partial charge in [-0.25, -0.2) is 0 Å². The first-order valence-corrected chi connectivity index (χ1v) is 2.79. The van der Waals surface area contributed by atoms with Crippen LogP contribution in [-0.2, 0) is 9.59 Å². The summed E-state index contributed by atoms with van der Waals surface area (Å²) in [5.41, 5.74) is 0. The first-order chi connectivity index (χ1) is 3.91. The summed E-state index contributed by atoms with van der Waals surface area (Å²) in [4.78, 5) is 19.4. The molecule has 0 saturated carbocycles. The van der Waals surface area contributed by atoms with Crippen molar-refractivity contribution in [2.45, 2.75) is 25.7 Å². The molecule has 50 valence electrons. The van der Waals surface area contributed by atoms with Crippen LogP contribution >= 0.6 is 0 Å². The number of unbranched alkanes of at least 4 members (excludes halogenated alkanes) is 3. The summed E-state index contributed by atoms with van der Waals surface area (Å²) < 4.78 is 0. The first-order valence-electron chi connectivity index (χ1n) is 2.79. The predicted molar refractivity (Wildman–Crippen MR) is 32.8 cm³/mol. The topological polar surface area (TPSA) is 34.1 Å². The van der Waals surface area contributed by atoms with Crippen LogP contribution in [0.2, 0.25) is 0 Å². The number of hydrogen-bond donors (Lipinski definition) is 0. The molecule has 0 amide bonds. The van der Waals surface area contributed by atoms with Crippen molar-refractivity contribution in [2.24, 2.45) is 0 Å². The van der Waals surface area contributed by atoms with E-state index in [0.717, 1.165) is 25.4 Å². The molecule has 0 saturated heterocycles. The minimum atomic E-state index is 0. The summed E-state index contributed by atoms with van der Waals surface area (Å²) in [5.74, 6) is 0. The van der Waals surface area contributed by atoms with Gasteiger partial charge in [0.05, 0.1) is 0 Å². The van der Waals surface area contributed by atoms with Crippen molar-refractivity contribution in [3.8, 4) is 0 Å². The zero-order chi connectivity index (χ0) is 6.24. The van der Waals surface area contributed by atoms with E-state index in [-0.39, 0.29) is 62.0 Å². The Kier molecular flexibility index (Phi) is 29.2. The van der Waals surface area contributed by atoms with Gasteiger partial charge in [-0.05, 0) is 12.8 Å². The smallest absolute Gasteiger partial charge is 1.00 e. The first kappa shape index (κ1) is 17.4. The van der Waals surface area contributed by atoms with Gasteiger partial charge in [-0.3, -0.25) is 0 Å². The summed E-state index contributed by atoms with van der Waals surface area (Å²) in [7, 11) is 0. The van der Waals surface area contributed by atoms with Crippen LogP contribution in [0.1, 0.15) is 28.5 Å². The molecule has 0 atom stereocenters. The number of hydrogen-bond acceptors (Lipinski definition) is 2. The molecular weight excluding hydrogens is 150 g/mol. The second-order valence-corrected chi connectivity index (χ2v) is 1.62. The van der Waals surface area contributed by atoms with E-state index in [1.54, 1.807) is 0 Å². The van der Waals surface area contributed by atoms with Gasteiger partial charge in [0.1, 0.15) is 12.6 Å². The van der Waals surface area contributed by atoms with Crippen LogP contribution in [0, 0.1) is 0 Å². The summed E-state index contributed by atoms with van der Waals surface area (Å²) in [6.45, 7) is 0. The van der Waals surface area contributed by atoms with Crippen molar-refractivity contribution in [3.05, 3.63) is 0 Å². The Bertz CT molecular complexity index is 73.9. The third kappa shape index (κ3) is 16.2. The molecule has 2 nitrogen and oxygen atoms in total. The Labute approximate surface area is 109 Å². The Balaban J connectivity index is -0.0000000408. The Hall–Kier alpha value is 1.34. The molecule has 0 aromatic rings. The standard InChI is InChI=1S/C6H10O2.2Na.2H/c7-5-3-1-2-4-6-8;;;;/h5-6H,1-4H2;;;;/q;2*+1;2*-1. The largest absolute Gasteiger partial charge is 1.00 e. The molecule has 0 radical (unpaired) electrons. The summed E-state index contributed by atoms with van der Waals surface area (Å²) >= 11 is 0. The molecule has 0 rings (SSSR count). The van der Waals surface area contributed by atoms with Crippen molar-refractivity contribution >= 4 is 12.6 Å². The van der Waals surface area contributed by atoms with E-state index in [9.17, 15) is 9.59 Å². The minimum absolute atomic E-state index is 0. The van der Waals surface area contributed by atoms with Crippen molar-refractivity contribution in [2.75, 3.05) is 0 Å². The van der Waals surface area contributed by atoms with Gasteiger partial charge in [-0.2, -0.15) is 0 Å². The number of carbonyl (C=O) groups is 2. The molecule has 0 fully saturated rings. The average Bonchev–Trinajstić information content (AvgIpc) is 1.81. The van der Waals surface area contributed by atoms with Crippen molar-refractivity contribution in [1.82, 2.24) is 0 Å². The number of aldehydes is 2. The van der Waals surface area contributed by atoms with E-state index in [2.05, 4.69) is 0 Å². The van der Waals surface area contributed by atoms with E-state index in [1.807, 2.05) is 0 Å². The van der Waals surface area contributed by atoms with Gasteiger partial charge in [0.15, 0.2) is 0 Å². The Morgan fingerprint density at radius 2 is 1.20 bits per heavy atom. The second kappa shape index (κ2) is 16.7. The average molecular weight is 162 g/mol. The maximum absolute atomic E-state index is 9.68. The quantitative estimate of drug-likeness (QED) is 0.231. The van der Waals surface area contributed by atoms with E-state index in [1.165, 1.54) is 0 Å². The molecule has 0 aliphatic heterocycles. The summed E-state index contributed by atoms with van der Waals surface area (Å²) in [6, 6.07) is 0. The van der Waals surface area contributed by atoms with E-state index >= 15 is 0 Å². The van der Waals surface area contributed by atoms with Crippen LogP contribution < -0.4 is 59.1 Å². The fourth-order valence-electron chi connectivity index (χ4n) is 0.455. The van der Waals surface area contributed by atoms with Gasteiger partial charge in [0, 0.05) is 12.8 Å². The molecule has 0 N–H and O–H groups in total. The normalized spacial score (nSPS) is 6.80. The van der Waals surface area contributed by atoms with Gasteiger partial charge in [-0.1, -0.05) is 0 Å². The molecule has 0 aromatic carbocycles. The van der Waals surface area contributed by atoms with Crippen LogP contribution in [0.3, 0.4) is 0 Å². The van der Waals surface area contributed by atoms with Gasteiger partial charge < -0.3 is 12.4 Å².